The van der Waals surface area contributed by atoms with Gasteiger partial charge in [-0.15, -0.1) is 0 Å². The van der Waals surface area contributed by atoms with Gasteiger partial charge in [-0.3, -0.25) is 4.98 Å². The Balaban J connectivity index is 2.48. The molecule has 0 aliphatic heterocycles. The van der Waals surface area contributed by atoms with Gasteiger partial charge in [-0.05, 0) is 48.9 Å². The molecule has 0 spiro atoms. The van der Waals surface area contributed by atoms with Crippen molar-refractivity contribution in [1.82, 2.24) is 4.98 Å². The molecule has 2 N–H and O–H groups in total. The molecule has 0 atom stereocenters. The topological polar surface area (TPSA) is 73.1 Å². The standard InChI is InChI=1S/C13H14N2O2S/c14-18(16,17)13-11-4-2-1-3-9(11)7-10-8-15-6-5-12(10)13/h5-8H,1-4H2,(H2,14,16,17). The van der Waals surface area contributed by atoms with E-state index in [9.17, 15) is 8.42 Å². The molecule has 3 rings (SSSR count). The van der Waals surface area contributed by atoms with Crippen molar-refractivity contribution in [2.75, 3.05) is 0 Å². The quantitative estimate of drug-likeness (QED) is 0.851. The van der Waals surface area contributed by atoms with Crippen LogP contribution in [0.2, 0.25) is 0 Å². The predicted molar refractivity (Wildman–Crippen MR) is 69.8 cm³/mol. The van der Waals surface area contributed by atoms with Crippen LogP contribution in [0.1, 0.15) is 24.0 Å². The fourth-order valence-corrected chi connectivity index (χ4v) is 3.82. The lowest BCUT2D eigenvalue weighted by Crippen LogP contribution is -2.18. The molecule has 1 aliphatic carbocycles. The van der Waals surface area contributed by atoms with Crippen LogP contribution in [0.3, 0.4) is 0 Å². The molecule has 0 unspecified atom stereocenters. The van der Waals surface area contributed by atoms with Crippen molar-refractivity contribution < 1.29 is 8.42 Å². The molecule has 2 aromatic rings. The molecule has 0 radical (unpaired) electrons. The van der Waals surface area contributed by atoms with Gasteiger partial charge in [-0.25, -0.2) is 13.6 Å². The zero-order chi connectivity index (χ0) is 12.8. The van der Waals surface area contributed by atoms with Gasteiger partial charge in [0.25, 0.3) is 0 Å². The van der Waals surface area contributed by atoms with Crippen molar-refractivity contribution in [3.63, 3.8) is 0 Å². The van der Waals surface area contributed by atoms with Crippen LogP contribution in [0.4, 0.5) is 0 Å². The third-order valence-electron chi connectivity index (χ3n) is 3.50. The third-order valence-corrected chi connectivity index (χ3v) is 4.53. The monoisotopic (exact) mass is 262 g/mol. The van der Waals surface area contributed by atoms with Gasteiger partial charge in [0.15, 0.2) is 0 Å². The van der Waals surface area contributed by atoms with Crippen LogP contribution in [0.5, 0.6) is 0 Å². The normalized spacial score (nSPS) is 15.6. The maximum atomic E-state index is 11.9. The molecule has 4 nitrogen and oxygen atoms in total. The summed E-state index contributed by atoms with van der Waals surface area (Å²) in [7, 11) is -3.70. The summed E-state index contributed by atoms with van der Waals surface area (Å²) in [5, 5.41) is 6.94. The van der Waals surface area contributed by atoms with Gasteiger partial charge in [0.1, 0.15) is 0 Å². The van der Waals surface area contributed by atoms with Crippen molar-refractivity contribution in [1.29, 1.82) is 0 Å². The summed E-state index contributed by atoms with van der Waals surface area (Å²) in [5.74, 6) is 0. The van der Waals surface area contributed by atoms with Crippen molar-refractivity contribution in [3.05, 3.63) is 35.7 Å². The summed E-state index contributed by atoms with van der Waals surface area (Å²) >= 11 is 0. The summed E-state index contributed by atoms with van der Waals surface area (Å²) in [4.78, 5) is 4.35. The van der Waals surface area contributed by atoms with E-state index in [1.807, 2.05) is 6.07 Å². The first-order chi connectivity index (χ1) is 8.57. The number of hydrogen-bond acceptors (Lipinski definition) is 3. The largest absolute Gasteiger partial charge is 0.264 e. The van der Waals surface area contributed by atoms with E-state index < -0.39 is 10.0 Å². The predicted octanol–water partition coefficient (Wildman–Crippen LogP) is 1.76. The lowest BCUT2D eigenvalue weighted by molar-refractivity contribution is 0.594. The average Bonchev–Trinajstić information content (AvgIpc) is 2.34. The van der Waals surface area contributed by atoms with Gasteiger partial charge in [0, 0.05) is 23.2 Å². The minimum atomic E-state index is -3.70. The molecule has 94 valence electrons. The highest BCUT2D eigenvalue weighted by Gasteiger charge is 2.23. The molecule has 0 amide bonds. The van der Waals surface area contributed by atoms with Crippen molar-refractivity contribution in [3.8, 4) is 0 Å². The zero-order valence-corrected chi connectivity index (χ0v) is 10.7. The highest BCUT2D eigenvalue weighted by atomic mass is 32.2. The number of sulfonamides is 1. The number of aryl methyl sites for hydroxylation is 1. The number of hydrogen-bond donors (Lipinski definition) is 1. The first-order valence-corrected chi connectivity index (χ1v) is 7.53. The van der Waals surface area contributed by atoms with E-state index in [2.05, 4.69) is 4.98 Å². The second kappa shape index (κ2) is 4.03. The number of pyridine rings is 1. The molecule has 1 aromatic heterocycles. The summed E-state index contributed by atoms with van der Waals surface area (Å²) in [6.07, 6.45) is 7.13. The maximum absolute atomic E-state index is 11.9. The highest BCUT2D eigenvalue weighted by molar-refractivity contribution is 7.89. The second-order valence-corrected chi connectivity index (χ2v) is 6.19. The Hall–Kier alpha value is -1.46. The molecule has 18 heavy (non-hydrogen) atoms. The van der Waals surface area contributed by atoms with E-state index in [0.29, 0.717) is 10.3 Å². The summed E-state index contributed by atoms with van der Waals surface area (Å²) < 4.78 is 23.8. The fourth-order valence-electron chi connectivity index (χ4n) is 2.75. The van der Waals surface area contributed by atoms with Gasteiger partial charge < -0.3 is 0 Å². The Labute approximate surface area is 106 Å². The van der Waals surface area contributed by atoms with Crippen molar-refractivity contribution >= 4 is 20.8 Å². The van der Waals surface area contributed by atoms with E-state index in [1.165, 1.54) is 0 Å². The van der Waals surface area contributed by atoms with Gasteiger partial charge in [0.05, 0.1) is 4.90 Å². The first-order valence-electron chi connectivity index (χ1n) is 5.98. The molecular formula is C13H14N2O2S. The van der Waals surface area contributed by atoms with E-state index in [4.69, 9.17) is 5.14 Å². The van der Waals surface area contributed by atoms with Crippen LogP contribution >= 0.6 is 0 Å². The molecule has 5 heteroatoms. The van der Waals surface area contributed by atoms with Crippen LogP contribution in [0.25, 0.3) is 10.8 Å². The Morgan fingerprint density at radius 1 is 1.22 bits per heavy atom. The third kappa shape index (κ3) is 1.79. The zero-order valence-electron chi connectivity index (χ0n) is 9.89. The van der Waals surface area contributed by atoms with Crippen LogP contribution < -0.4 is 5.14 Å². The number of benzene rings is 1. The average molecular weight is 262 g/mol. The van der Waals surface area contributed by atoms with Crippen molar-refractivity contribution in [2.24, 2.45) is 5.14 Å². The van der Waals surface area contributed by atoms with Crippen LogP contribution in [-0.2, 0) is 22.9 Å². The Bertz CT molecular complexity index is 723. The maximum Gasteiger partial charge on any atom is 0.238 e. The minimum Gasteiger partial charge on any atom is -0.264 e. The SMILES string of the molecule is NS(=O)(=O)c1c2c(cc3cnccc13)CCCC2. The molecule has 0 saturated carbocycles. The smallest absolute Gasteiger partial charge is 0.238 e. The van der Waals surface area contributed by atoms with Gasteiger partial charge in [-0.2, -0.15) is 0 Å². The van der Waals surface area contributed by atoms with E-state index in [1.54, 1.807) is 18.5 Å². The second-order valence-electron chi connectivity index (χ2n) is 4.69. The molecule has 1 aliphatic rings. The minimum absolute atomic E-state index is 0.303. The summed E-state index contributed by atoms with van der Waals surface area (Å²) in [6, 6.07) is 3.77. The summed E-state index contributed by atoms with van der Waals surface area (Å²) in [6.45, 7) is 0. The summed E-state index contributed by atoms with van der Waals surface area (Å²) in [5.41, 5.74) is 2.01. The highest BCUT2D eigenvalue weighted by Crippen LogP contribution is 2.33. The molecule has 1 aromatic carbocycles. The van der Waals surface area contributed by atoms with Crippen LogP contribution in [0.15, 0.2) is 29.4 Å². The Morgan fingerprint density at radius 3 is 2.78 bits per heavy atom. The first kappa shape index (κ1) is 11.6. The molecular weight excluding hydrogens is 248 g/mol. The van der Waals surface area contributed by atoms with Crippen LogP contribution in [-0.4, -0.2) is 13.4 Å². The van der Waals surface area contributed by atoms with Crippen LogP contribution in [0, 0.1) is 0 Å². The van der Waals surface area contributed by atoms with Gasteiger partial charge in [0.2, 0.25) is 10.0 Å². The van der Waals surface area contributed by atoms with E-state index in [0.717, 1.165) is 42.2 Å². The number of fused-ring (bicyclic) bond motifs is 2. The lowest BCUT2D eigenvalue weighted by Gasteiger charge is -2.20. The molecule has 1 heterocycles. The molecule has 0 bridgehead atoms. The van der Waals surface area contributed by atoms with Crippen molar-refractivity contribution in [2.45, 2.75) is 30.6 Å². The number of nitrogens with zero attached hydrogens (tertiary/aromatic N) is 1. The molecule has 0 saturated heterocycles. The number of aromatic nitrogens is 1. The fraction of sp³-hybridized carbons (Fsp3) is 0.308. The van der Waals surface area contributed by atoms with Gasteiger partial charge >= 0.3 is 0 Å². The van der Waals surface area contributed by atoms with E-state index in [-0.39, 0.29) is 0 Å². The number of primary sulfonamides is 1. The Kier molecular flexibility index (Phi) is 2.60. The molecule has 0 fully saturated rings. The van der Waals surface area contributed by atoms with E-state index >= 15 is 0 Å². The van der Waals surface area contributed by atoms with Gasteiger partial charge in [-0.1, -0.05) is 0 Å². The number of nitrogens with two attached hydrogens (primary N) is 1. The Morgan fingerprint density at radius 2 is 2.00 bits per heavy atom. The number of rotatable bonds is 1. The lowest BCUT2D eigenvalue weighted by atomic mass is 9.89.